The van der Waals surface area contributed by atoms with E-state index in [0.29, 0.717) is 0 Å². The van der Waals surface area contributed by atoms with Gasteiger partial charge in [-0.05, 0) is 12.8 Å². The molecule has 0 aliphatic heterocycles. The van der Waals surface area contributed by atoms with Crippen LogP contribution in [0.15, 0.2) is 0 Å². The monoisotopic (exact) mass is 164 g/mol. The molecule has 0 radical (unpaired) electrons. The molecule has 3 heteroatoms. The lowest BCUT2D eigenvalue weighted by atomic mass is 10.2. The van der Waals surface area contributed by atoms with Gasteiger partial charge in [0.1, 0.15) is 0 Å². The molecule has 0 saturated heterocycles. The molecule has 0 fully saturated rings. The third-order valence-corrected chi connectivity index (χ3v) is 2.12. The molecule has 0 rings (SSSR count). The summed E-state index contributed by atoms with van der Waals surface area (Å²) in [5, 5.41) is 0. The maximum Gasteiger partial charge on any atom is 0.197 e. The molecule has 0 unspecified atom stereocenters. The molecule has 0 spiro atoms. The van der Waals surface area contributed by atoms with Crippen molar-refractivity contribution in [3.8, 4) is 0 Å². The van der Waals surface area contributed by atoms with Gasteiger partial charge in [-0.25, -0.2) is 0 Å². The Morgan fingerprint density at radius 2 is 1.70 bits per heavy atom. The summed E-state index contributed by atoms with van der Waals surface area (Å²) in [5.41, 5.74) is 0. The minimum atomic E-state index is -2.25. The van der Waals surface area contributed by atoms with Crippen LogP contribution in [0.3, 0.4) is 0 Å². The molecule has 0 bridgehead atoms. The van der Waals surface area contributed by atoms with Crippen LogP contribution in [0, 0.1) is 0 Å². The molecule has 0 saturated carbocycles. The first-order valence-corrected chi connectivity index (χ1v) is 6.25. The molecule has 0 aromatic heterocycles. The van der Waals surface area contributed by atoms with Gasteiger partial charge in [0.15, 0.2) is 7.37 Å². The van der Waals surface area contributed by atoms with Gasteiger partial charge in [-0.1, -0.05) is 13.8 Å². The van der Waals surface area contributed by atoms with Gasteiger partial charge in [0.2, 0.25) is 0 Å². The minimum absolute atomic E-state index is 0.181. The highest BCUT2D eigenvalue weighted by molar-refractivity contribution is 7.57. The van der Waals surface area contributed by atoms with E-state index in [0.717, 1.165) is 12.8 Å². The molecule has 0 aromatic carbocycles. The number of rotatable bonds is 4. The predicted octanol–water partition coefficient (Wildman–Crippen LogP) is 2.73. The van der Waals surface area contributed by atoms with Crippen molar-refractivity contribution in [1.82, 2.24) is 0 Å². The highest BCUT2D eigenvalue weighted by Crippen LogP contribution is 2.39. The van der Waals surface area contributed by atoms with Gasteiger partial charge >= 0.3 is 0 Å². The third kappa shape index (κ3) is 5.01. The lowest BCUT2D eigenvalue weighted by Crippen LogP contribution is -2.07. The summed E-state index contributed by atoms with van der Waals surface area (Å²) in [4.78, 5) is 0. The van der Waals surface area contributed by atoms with Gasteiger partial charge in [0.05, 0.1) is 6.10 Å². The van der Waals surface area contributed by atoms with E-state index in [9.17, 15) is 4.57 Å². The molecule has 0 heterocycles. The first-order chi connectivity index (χ1) is 4.49. The molecule has 10 heavy (non-hydrogen) atoms. The van der Waals surface area contributed by atoms with Crippen LogP contribution >= 0.6 is 7.37 Å². The average Bonchev–Trinajstić information content (AvgIpc) is 1.81. The predicted molar refractivity (Wildman–Crippen MR) is 44.9 cm³/mol. The molecular weight excluding hydrogens is 147 g/mol. The summed E-state index contributed by atoms with van der Waals surface area (Å²) in [5.74, 6) is 0. The van der Waals surface area contributed by atoms with Crippen LogP contribution in [-0.2, 0) is 9.09 Å². The lowest BCUT2D eigenvalue weighted by molar-refractivity contribution is 0.199. The van der Waals surface area contributed by atoms with Crippen molar-refractivity contribution >= 4 is 7.37 Å². The maximum absolute atomic E-state index is 11.1. The van der Waals surface area contributed by atoms with Crippen LogP contribution in [-0.4, -0.2) is 19.4 Å². The van der Waals surface area contributed by atoms with Crippen LogP contribution in [0.2, 0.25) is 0 Å². The Kier molecular flexibility index (Phi) is 4.23. The summed E-state index contributed by atoms with van der Waals surface area (Å²) >= 11 is 0. The second-order valence-corrected chi connectivity index (χ2v) is 5.51. The molecule has 0 N–H and O–H groups in total. The Morgan fingerprint density at radius 3 is 1.80 bits per heavy atom. The van der Waals surface area contributed by atoms with Gasteiger partial charge in [0.25, 0.3) is 0 Å². The molecule has 2 nitrogen and oxygen atoms in total. The van der Waals surface area contributed by atoms with E-state index in [2.05, 4.69) is 0 Å². The highest BCUT2D eigenvalue weighted by atomic mass is 31.2. The van der Waals surface area contributed by atoms with Crippen LogP contribution in [0.4, 0.5) is 0 Å². The Balaban J connectivity index is 3.75. The second kappa shape index (κ2) is 4.15. The first-order valence-electron chi connectivity index (χ1n) is 3.73. The van der Waals surface area contributed by atoms with Gasteiger partial charge in [-0.15, -0.1) is 0 Å². The van der Waals surface area contributed by atoms with E-state index in [1.165, 1.54) is 0 Å². The normalized spacial score (nSPS) is 12.5. The smallest absolute Gasteiger partial charge is 0.197 e. The standard InChI is InChI=1S/C7H17O2P/c1-5-7(6-2)9-10(3,4)8/h7H,5-6H2,1-4H3. The summed E-state index contributed by atoms with van der Waals surface area (Å²) in [7, 11) is -2.25. The van der Waals surface area contributed by atoms with Crippen LogP contribution in [0.5, 0.6) is 0 Å². The topological polar surface area (TPSA) is 26.3 Å². The Morgan fingerprint density at radius 1 is 1.30 bits per heavy atom. The molecule has 0 atom stereocenters. The highest BCUT2D eigenvalue weighted by Gasteiger charge is 2.13. The number of hydrogen-bond acceptors (Lipinski definition) is 2. The Labute approximate surface area is 63.4 Å². The fourth-order valence-electron chi connectivity index (χ4n) is 0.797. The van der Waals surface area contributed by atoms with Crippen molar-refractivity contribution in [2.75, 3.05) is 13.3 Å². The largest absolute Gasteiger partial charge is 0.325 e. The average molecular weight is 164 g/mol. The van der Waals surface area contributed by atoms with Crippen molar-refractivity contribution in [1.29, 1.82) is 0 Å². The third-order valence-electron chi connectivity index (χ3n) is 1.31. The fraction of sp³-hybridized carbons (Fsp3) is 1.00. The van der Waals surface area contributed by atoms with Gasteiger partial charge in [-0.3, -0.25) is 4.57 Å². The minimum Gasteiger partial charge on any atom is -0.325 e. The van der Waals surface area contributed by atoms with Crippen molar-refractivity contribution in [2.45, 2.75) is 32.8 Å². The summed E-state index contributed by atoms with van der Waals surface area (Å²) in [6.07, 6.45) is 2.07. The zero-order valence-electron chi connectivity index (χ0n) is 7.26. The van der Waals surface area contributed by atoms with Gasteiger partial charge in [0, 0.05) is 13.3 Å². The fourth-order valence-corrected chi connectivity index (χ4v) is 1.81. The van der Waals surface area contributed by atoms with Crippen molar-refractivity contribution in [2.24, 2.45) is 0 Å². The van der Waals surface area contributed by atoms with Crippen LogP contribution < -0.4 is 0 Å². The van der Waals surface area contributed by atoms with Crippen molar-refractivity contribution in [3.63, 3.8) is 0 Å². The van der Waals surface area contributed by atoms with Crippen LogP contribution in [0.25, 0.3) is 0 Å². The summed E-state index contributed by atoms with van der Waals surface area (Å²) < 4.78 is 16.4. The molecule has 0 aliphatic carbocycles. The molecule has 0 aromatic rings. The molecule has 0 amide bonds. The van der Waals surface area contributed by atoms with E-state index in [4.69, 9.17) is 4.52 Å². The van der Waals surface area contributed by atoms with Crippen molar-refractivity contribution in [3.05, 3.63) is 0 Å². The van der Waals surface area contributed by atoms with Crippen LogP contribution in [0.1, 0.15) is 26.7 Å². The first kappa shape index (κ1) is 10.2. The van der Waals surface area contributed by atoms with E-state index < -0.39 is 7.37 Å². The summed E-state index contributed by atoms with van der Waals surface area (Å²) in [6, 6.07) is 0. The SMILES string of the molecule is CCC(CC)OP(C)(C)=O. The lowest BCUT2D eigenvalue weighted by Gasteiger charge is -2.16. The second-order valence-electron chi connectivity index (χ2n) is 2.80. The Hall–Kier alpha value is 0.190. The zero-order chi connectivity index (χ0) is 8.20. The molecule has 0 aliphatic rings. The number of hydrogen-bond donors (Lipinski definition) is 0. The van der Waals surface area contributed by atoms with E-state index in [-0.39, 0.29) is 6.10 Å². The van der Waals surface area contributed by atoms with Crippen molar-refractivity contribution < 1.29 is 9.09 Å². The quantitative estimate of drug-likeness (QED) is 0.597. The van der Waals surface area contributed by atoms with E-state index in [1.54, 1.807) is 13.3 Å². The van der Waals surface area contributed by atoms with E-state index >= 15 is 0 Å². The van der Waals surface area contributed by atoms with Gasteiger partial charge < -0.3 is 4.52 Å². The maximum atomic E-state index is 11.1. The molecule has 62 valence electrons. The zero-order valence-corrected chi connectivity index (χ0v) is 8.15. The van der Waals surface area contributed by atoms with Gasteiger partial charge in [-0.2, -0.15) is 0 Å². The summed E-state index contributed by atoms with van der Waals surface area (Å²) in [6.45, 7) is 7.41. The van der Waals surface area contributed by atoms with E-state index in [1.807, 2.05) is 13.8 Å². The molecular formula is C7H17O2P. The Bertz CT molecular complexity index is 124.